The van der Waals surface area contributed by atoms with Crippen LogP contribution < -0.4 is 11.1 Å². The molecule has 96 valence electrons. The fraction of sp³-hybridized carbons (Fsp3) is 0.500. The first-order chi connectivity index (χ1) is 8.76. The molecule has 1 aromatic rings. The van der Waals surface area contributed by atoms with Gasteiger partial charge in [0.1, 0.15) is 18.2 Å². The van der Waals surface area contributed by atoms with E-state index in [9.17, 15) is 0 Å². The van der Waals surface area contributed by atoms with Gasteiger partial charge in [-0.25, -0.2) is 9.98 Å². The number of azide groups is 1. The Morgan fingerprint density at radius 1 is 1.72 bits per heavy atom. The summed E-state index contributed by atoms with van der Waals surface area (Å²) < 4.78 is 6.82. The van der Waals surface area contributed by atoms with Crippen LogP contribution in [0.5, 0.6) is 0 Å². The average Bonchev–Trinajstić information content (AvgIpc) is 2.73. The number of aliphatic imine (C=N–C) groups is 1. The number of rotatable bonds is 5. The molecule has 0 bridgehead atoms. The monoisotopic (exact) mass is 252 g/mol. The van der Waals surface area contributed by atoms with Gasteiger partial charge in [-0.15, -0.1) is 0 Å². The molecular formula is C8H12N8O2. The van der Waals surface area contributed by atoms with E-state index in [0.717, 1.165) is 0 Å². The Bertz CT molecular complexity index is 503. The number of anilines is 1. The number of hydrogen-bond donors (Lipinski definition) is 3. The summed E-state index contributed by atoms with van der Waals surface area (Å²) in [7, 11) is 0. The zero-order chi connectivity index (χ0) is 13.0. The maximum atomic E-state index is 8.63. The SMILES string of the molecule is [N-]=[N+]=NC1N=C(N)Nc2c1ncn2COCCO. The van der Waals surface area contributed by atoms with Gasteiger partial charge in [0.15, 0.2) is 12.1 Å². The van der Waals surface area contributed by atoms with E-state index < -0.39 is 6.17 Å². The van der Waals surface area contributed by atoms with Crippen molar-refractivity contribution in [3.8, 4) is 0 Å². The molecule has 1 aliphatic rings. The smallest absolute Gasteiger partial charge is 0.195 e. The van der Waals surface area contributed by atoms with E-state index in [4.69, 9.17) is 21.1 Å². The number of fused-ring (bicyclic) bond motifs is 1. The van der Waals surface area contributed by atoms with E-state index in [1.165, 1.54) is 6.33 Å². The Hall–Kier alpha value is -2.29. The lowest BCUT2D eigenvalue weighted by Crippen LogP contribution is -2.29. The van der Waals surface area contributed by atoms with Crippen LogP contribution in [0.15, 0.2) is 16.4 Å². The largest absolute Gasteiger partial charge is 0.394 e. The number of nitrogens with one attached hydrogen (secondary N) is 1. The highest BCUT2D eigenvalue weighted by molar-refractivity contribution is 5.93. The van der Waals surface area contributed by atoms with Crippen LogP contribution in [0, 0.1) is 0 Å². The Balaban J connectivity index is 2.22. The maximum Gasteiger partial charge on any atom is 0.195 e. The molecule has 0 spiro atoms. The first kappa shape index (κ1) is 12.2. The predicted octanol–water partition coefficient (Wildman–Crippen LogP) is -0.101. The zero-order valence-corrected chi connectivity index (χ0v) is 9.39. The molecule has 0 aliphatic carbocycles. The van der Waals surface area contributed by atoms with E-state index in [-0.39, 0.29) is 25.9 Å². The van der Waals surface area contributed by atoms with Gasteiger partial charge in [0.25, 0.3) is 0 Å². The van der Waals surface area contributed by atoms with E-state index in [0.29, 0.717) is 11.5 Å². The highest BCUT2D eigenvalue weighted by Crippen LogP contribution is 2.29. The van der Waals surface area contributed by atoms with Crippen LogP contribution in [-0.4, -0.2) is 33.8 Å². The molecule has 4 N–H and O–H groups in total. The summed E-state index contributed by atoms with van der Waals surface area (Å²) in [6.07, 6.45) is 0.744. The fourth-order valence-corrected chi connectivity index (χ4v) is 1.52. The van der Waals surface area contributed by atoms with E-state index >= 15 is 0 Å². The minimum absolute atomic E-state index is 0.0603. The van der Waals surface area contributed by atoms with Gasteiger partial charge in [-0.3, -0.25) is 4.57 Å². The fourth-order valence-electron chi connectivity index (χ4n) is 1.52. The number of guanidine groups is 1. The van der Waals surface area contributed by atoms with E-state index in [1.54, 1.807) is 4.57 Å². The number of nitrogens with two attached hydrogens (primary N) is 1. The lowest BCUT2D eigenvalue weighted by molar-refractivity contribution is 0.0491. The number of aliphatic hydroxyl groups is 1. The standard InChI is InChI=1S/C8H12N8O2/c9-8-12-6(14-15-10)5-7(13-8)16(3-11-5)4-18-2-1-17/h3,6,17H,1-2,4H2,(H3,9,12,13). The van der Waals surface area contributed by atoms with Crippen LogP contribution in [0.2, 0.25) is 0 Å². The van der Waals surface area contributed by atoms with E-state index in [1.807, 2.05) is 0 Å². The molecule has 2 rings (SSSR count). The van der Waals surface area contributed by atoms with Gasteiger partial charge in [-0.05, 0) is 5.53 Å². The Kier molecular flexibility index (Phi) is 3.63. The molecule has 18 heavy (non-hydrogen) atoms. The molecular weight excluding hydrogens is 240 g/mol. The minimum atomic E-state index is -0.773. The molecule has 0 radical (unpaired) electrons. The minimum Gasteiger partial charge on any atom is -0.394 e. The van der Waals surface area contributed by atoms with Crippen LogP contribution in [0.1, 0.15) is 11.9 Å². The number of imidazole rings is 1. The molecule has 10 nitrogen and oxygen atoms in total. The molecule has 0 aromatic carbocycles. The van der Waals surface area contributed by atoms with Crippen LogP contribution in [0.25, 0.3) is 10.4 Å². The van der Waals surface area contributed by atoms with Crippen molar-refractivity contribution in [2.45, 2.75) is 12.9 Å². The summed E-state index contributed by atoms with van der Waals surface area (Å²) in [5, 5.41) is 15.0. The first-order valence-corrected chi connectivity index (χ1v) is 5.14. The second-order valence-corrected chi connectivity index (χ2v) is 3.43. The molecule has 1 aromatic heterocycles. The summed E-state index contributed by atoms with van der Waals surface area (Å²) >= 11 is 0. The van der Waals surface area contributed by atoms with Crippen molar-refractivity contribution in [3.05, 3.63) is 22.5 Å². The second-order valence-electron chi connectivity index (χ2n) is 3.43. The van der Waals surface area contributed by atoms with E-state index in [2.05, 4.69) is 25.3 Å². The van der Waals surface area contributed by atoms with Crippen molar-refractivity contribution in [2.24, 2.45) is 15.8 Å². The van der Waals surface area contributed by atoms with Crippen molar-refractivity contribution in [1.29, 1.82) is 0 Å². The lowest BCUT2D eigenvalue weighted by atomic mass is 10.3. The van der Waals surface area contributed by atoms with Crippen LogP contribution in [0.4, 0.5) is 5.82 Å². The third-order valence-electron chi connectivity index (χ3n) is 2.25. The summed E-state index contributed by atoms with van der Waals surface area (Å²) in [5.74, 6) is 0.710. The molecule has 10 heteroatoms. The Morgan fingerprint density at radius 3 is 3.28 bits per heavy atom. The number of aromatic nitrogens is 2. The highest BCUT2D eigenvalue weighted by atomic mass is 16.5. The van der Waals surface area contributed by atoms with Gasteiger partial charge in [-0.1, -0.05) is 5.11 Å². The summed E-state index contributed by atoms with van der Waals surface area (Å²) in [6.45, 7) is 0.359. The van der Waals surface area contributed by atoms with Gasteiger partial charge in [0, 0.05) is 4.91 Å². The molecule has 0 saturated carbocycles. The number of hydrogen-bond acceptors (Lipinski definition) is 7. The van der Waals surface area contributed by atoms with Crippen molar-refractivity contribution < 1.29 is 9.84 Å². The Labute approximate surface area is 102 Å². The predicted molar refractivity (Wildman–Crippen MR) is 62.4 cm³/mol. The third-order valence-corrected chi connectivity index (χ3v) is 2.25. The number of nitrogens with zero attached hydrogens (tertiary/aromatic N) is 6. The number of aliphatic hydroxyl groups excluding tert-OH is 1. The highest BCUT2D eigenvalue weighted by Gasteiger charge is 2.24. The van der Waals surface area contributed by atoms with Gasteiger partial charge < -0.3 is 20.9 Å². The van der Waals surface area contributed by atoms with Crippen LogP contribution in [-0.2, 0) is 11.5 Å². The average molecular weight is 252 g/mol. The van der Waals surface area contributed by atoms with Gasteiger partial charge >= 0.3 is 0 Å². The van der Waals surface area contributed by atoms with Crippen LogP contribution in [0.3, 0.4) is 0 Å². The molecule has 1 atom stereocenters. The van der Waals surface area contributed by atoms with Crippen molar-refractivity contribution in [3.63, 3.8) is 0 Å². The quantitative estimate of drug-likeness (QED) is 0.289. The third kappa shape index (κ3) is 2.35. The Morgan fingerprint density at radius 2 is 2.56 bits per heavy atom. The lowest BCUT2D eigenvalue weighted by Gasteiger charge is -2.18. The summed E-state index contributed by atoms with van der Waals surface area (Å²) in [4.78, 5) is 10.7. The summed E-state index contributed by atoms with van der Waals surface area (Å²) in [6, 6.07) is 0. The van der Waals surface area contributed by atoms with Crippen molar-refractivity contribution >= 4 is 11.8 Å². The number of ether oxygens (including phenoxy) is 1. The molecule has 0 amide bonds. The molecule has 2 heterocycles. The maximum absolute atomic E-state index is 8.63. The molecule has 1 aliphatic heterocycles. The molecule has 0 saturated heterocycles. The van der Waals surface area contributed by atoms with Crippen molar-refractivity contribution in [2.75, 3.05) is 18.5 Å². The van der Waals surface area contributed by atoms with Crippen molar-refractivity contribution in [1.82, 2.24) is 9.55 Å². The molecule has 1 unspecified atom stereocenters. The first-order valence-electron chi connectivity index (χ1n) is 5.14. The van der Waals surface area contributed by atoms with Crippen LogP contribution >= 0.6 is 0 Å². The van der Waals surface area contributed by atoms with Gasteiger partial charge in [-0.2, -0.15) is 0 Å². The second kappa shape index (κ2) is 5.36. The van der Waals surface area contributed by atoms with Gasteiger partial charge in [0.2, 0.25) is 0 Å². The molecule has 0 fully saturated rings. The normalized spacial score (nSPS) is 17.4. The summed E-state index contributed by atoms with van der Waals surface area (Å²) in [5.41, 5.74) is 14.5. The zero-order valence-electron chi connectivity index (χ0n) is 9.39. The van der Waals surface area contributed by atoms with Gasteiger partial charge in [0.05, 0.1) is 19.5 Å². The topological polar surface area (TPSA) is 146 Å².